The number of amides is 1. The van der Waals surface area contributed by atoms with Crippen LogP contribution in [0.3, 0.4) is 0 Å². The highest BCUT2D eigenvalue weighted by atomic mass is 16.2. The number of hydrogen-bond acceptors (Lipinski definition) is 2. The van der Waals surface area contributed by atoms with Crippen LogP contribution in [0.1, 0.15) is 41.0 Å². The largest absolute Gasteiger partial charge is 0.332 e. The van der Waals surface area contributed by atoms with Crippen molar-refractivity contribution in [2.45, 2.75) is 32.7 Å². The van der Waals surface area contributed by atoms with Gasteiger partial charge in [-0.1, -0.05) is 30.4 Å². The molecule has 0 spiro atoms. The summed E-state index contributed by atoms with van der Waals surface area (Å²) >= 11 is 0. The van der Waals surface area contributed by atoms with Gasteiger partial charge in [0.05, 0.1) is 12.2 Å². The van der Waals surface area contributed by atoms with Crippen LogP contribution in [-0.2, 0) is 13.6 Å². The Bertz CT molecular complexity index is 698. The maximum atomic E-state index is 13.0. The lowest BCUT2D eigenvalue weighted by Gasteiger charge is -2.28. The van der Waals surface area contributed by atoms with Gasteiger partial charge < -0.3 is 4.90 Å². The zero-order chi connectivity index (χ0) is 16.9. The molecule has 1 unspecified atom stereocenters. The van der Waals surface area contributed by atoms with Crippen molar-refractivity contribution < 1.29 is 4.79 Å². The third kappa shape index (κ3) is 3.94. The Kier molecular flexibility index (Phi) is 5.14. The van der Waals surface area contributed by atoms with Gasteiger partial charge in [0.25, 0.3) is 5.91 Å². The molecule has 1 amide bonds. The highest BCUT2D eigenvalue weighted by molar-refractivity contribution is 5.94. The van der Waals surface area contributed by atoms with E-state index in [0.717, 1.165) is 42.8 Å². The van der Waals surface area contributed by atoms with E-state index < -0.39 is 0 Å². The number of benzene rings is 1. The molecule has 4 nitrogen and oxygen atoms in total. The predicted molar refractivity (Wildman–Crippen MR) is 95.6 cm³/mol. The number of aromatic nitrogens is 2. The van der Waals surface area contributed by atoms with Gasteiger partial charge in [-0.05, 0) is 50.3 Å². The molecular weight excluding hydrogens is 298 g/mol. The van der Waals surface area contributed by atoms with Gasteiger partial charge in [-0.2, -0.15) is 5.10 Å². The summed E-state index contributed by atoms with van der Waals surface area (Å²) in [5.74, 6) is 0.626. The van der Waals surface area contributed by atoms with Crippen molar-refractivity contribution in [2.75, 3.05) is 6.54 Å². The summed E-state index contributed by atoms with van der Waals surface area (Å²) in [7, 11) is 1.94. The zero-order valence-electron chi connectivity index (χ0n) is 14.5. The number of aryl methyl sites for hydroxylation is 2. The quantitative estimate of drug-likeness (QED) is 0.786. The Morgan fingerprint density at radius 1 is 1.29 bits per heavy atom. The highest BCUT2D eigenvalue weighted by Crippen LogP contribution is 2.21. The minimum Gasteiger partial charge on any atom is -0.332 e. The standard InChI is InChI=1S/C20H25N3O/c1-16-13-19(21-22(16)2)15-23(14-17-9-5-3-6-10-17)20(24)18-11-7-4-8-12-18/h3-5,7-8,11-13,17H,6,9-10,14-15H2,1-2H3. The van der Waals surface area contributed by atoms with Crippen LogP contribution < -0.4 is 0 Å². The van der Waals surface area contributed by atoms with Crippen molar-refractivity contribution in [3.63, 3.8) is 0 Å². The first-order chi connectivity index (χ1) is 11.6. The molecule has 1 aromatic carbocycles. The number of carbonyl (C=O) groups excluding carboxylic acids is 1. The Morgan fingerprint density at radius 3 is 2.71 bits per heavy atom. The molecule has 1 aliphatic rings. The van der Waals surface area contributed by atoms with Crippen LogP contribution in [-0.4, -0.2) is 27.1 Å². The van der Waals surface area contributed by atoms with Crippen LogP contribution in [0.15, 0.2) is 48.6 Å². The Hall–Kier alpha value is -2.36. The van der Waals surface area contributed by atoms with Crippen molar-refractivity contribution in [1.29, 1.82) is 0 Å². The van der Waals surface area contributed by atoms with Crippen LogP contribution in [0.5, 0.6) is 0 Å². The maximum absolute atomic E-state index is 13.0. The molecule has 0 aliphatic heterocycles. The summed E-state index contributed by atoms with van der Waals surface area (Å²) in [6.45, 7) is 3.38. The van der Waals surface area contributed by atoms with Crippen molar-refractivity contribution in [1.82, 2.24) is 14.7 Å². The van der Waals surface area contributed by atoms with Crippen molar-refractivity contribution in [3.8, 4) is 0 Å². The van der Waals surface area contributed by atoms with Gasteiger partial charge in [-0.15, -0.1) is 0 Å². The van der Waals surface area contributed by atoms with Crippen LogP contribution >= 0.6 is 0 Å². The monoisotopic (exact) mass is 323 g/mol. The minimum absolute atomic E-state index is 0.0912. The molecule has 1 atom stereocenters. The second-order valence-electron chi connectivity index (χ2n) is 6.60. The number of allylic oxidation sites excluding steroid dienone is 2. The molecule has 1 heterocycles. The summed E-state index contributed by atoms with van der Waals surface area (Å²) in [5, 5.41) is 4.53. The van der Waals surface area contributed by atoms with Crippen LogP contribution in [0.4, 0.5) is 0 Å². The Morgan fingerprint density at radius 2 is 2.08 bits per heavy atom. The van der Waals surface area contributed by atoms with Crippen LogP contribution in [0.25, 0.3) is 0 Å². The molecule has 0 N–H and O–H groups in total. The van der Waals surface area contributed by atoms with E-state index in [4.69, 9.17) is 0 Å². The SMILES string of the molecule is Cc1cc(CN(CC2CC=CCC2)C(=O)c2ccccc2)nn1C. The van der Waals surface area contributed by atoms with E-state index in [1.54, 1.807) is 0 Å². The molecule has 0 saturated heterocycles. The fourth-order valence-electron chi connectivity index (χ4n) is 3.22. The van der Waals surface area contributed by atoms with E-state index in [0.29, 0.717) is 12.5 Å². The second-order valence-corrected chi connectivity index (χ2v) is 6.60. The Labute approximate surface area is 143 Å². The van der Waals surface area contributed by atoms with E-state index in [2.05, 4.69) is 23.3 Å². The highest BCUT2D eigenvalue weighted by Gasteiger charge is 2.22. The first-order valence-corrected chi connectivity index (χ1v) is 8.62. The van der Waals surface area contributed by atoms with E-state index >= 15 is 0 Å². The molecular formula is C20H25N3O. The fraction of sp³-hybridized carbons (Fsp3) is 0.400. The van der Waals surface area contributed by atoms with Crippen molar-refractivity contribution in [2.24, 2.45) is 13.0 Å². The number of hydrogen-bond donors (Lipinski definition) is 0. The third-order valence-electron chi connectivity index (χ3n) is 4.68. The Balaban J connectivity index is 1.79. The van der Waals surface area contributed by atoms with Gasteiger partial charge in [-0.3, -0.25) is 9.48 Å². The van der Waals surface area contributed by atoms with Crippen molar-refractivity contribution >= 4 is 5.91 Å². The first kappa shape index (κ1) is 16.5. The van der Waals surface area contributed by atoms with Gasteiger partial charge >= 0.3 is 0 Å². The van der Waals surface area contributed by atoms with Crippen molar-refractivity contribution in [3.05, 3.63) is 65.5 Å². The summed E-state index contributed by atoms with van der Waals surface area (Å²) < 4.78 is 1.86. The van der Waals surface area contributed by atoms with Gasteiger partial charge in [0.2, 0.25) is 0 Å². The summed E-state index contributed by atoms with van der Waals surface area (Å²) in [6, 6.07) is 11.6. The first-order valence-electron chi connectivity index (χ1n) is 8.62. The average molecular weight is 323 g/mol. The van der Waals surface area contributed by atoms with Crippen LogP contribution in [0, 0.1) is 12.8 Å². The van der Waals surface area contributed by atoms with Gasteiger partial charge in [0.15, 0.2) is 0 Å². The molecule has 1 aromatic heterocycles. The lowest BCUT2D eigenvalue weighted by atomic mass is 9.93. The number of rotatable bonds is 5. The molecule has 0 bridgehead atoms. The number of carbonyl (C=O) groups is 1. The second kappa shape index (κ2) is 7.47. The molecule has 126 valence electrons. The third-order valence-corrected chi connectivity index (χ3v) is 4.68. The fourth-order valence-corrected chi connectivity index (χ4v) is 3.22. The van der Waals surface area contributed by atoms with Gasteiger partial charge in [0, 0.05) is 24.8 Å². The minimum atomic E-state index is 0.0912. The predicted octanol–water partition coefficient (Wildman–Crippen LogP) is 3.73. The van der Waals surface area contributed by atoms with E-state index in [1.165, 1.54) is 0 Å². The van der Waals surface area contributed by atoms with Gasteiger partial charge in [-0.25, -0.2) is 0 Å². The summed E-state index contributed by atoms with van der Waals surface area (Å²) in [5.41, 5.74) is 2.81. The van der Waals surface area contributed by atoms with Crippen LogP contribution in [0.2, 0.25) is 0 Å². The lowest BCUT2D eigenvalue weighted by molar-refractivity contribution is 0.0707. The molecule has 0 saturated carbocycles. The average Bonchev–Trinajstić information content (AvgIpc) is 2.93. The topological polar surface area (TPSA) is 38.1 Å². The molecule has 0 radical (unpaired) electrons. The van der Waals surface area contributed by atoms with Gasteiger partial charge in [0.1, 0.15) is 0 Å². The molecule has 1 aliphatic carbocycles. The molecule has 3 rings (SSSR count). The molecule has 0 fully saturated rings. The lowest BCUT2D eigenvalue weighted by Crippen LogP contribution is -2.35. The smallest absolute Gasteiger partial charge is 0.254 e. The summed E-state index contributed by atoms with van der Waals surface area (Å²) in [6.07, 6.45) is 7.79. The molecule has 24 heavy (non-hydrogen) atoms. The molecule has 4 heteroatoms. The summed E-state index contributed by atoms with van der Waals surface area (Å²) in [4.78, 5) is 14.9. The maximum Gasteiger partial charge on any atom is 0.254 e. The van der Waals surface area contributed by atoms with E-state index in [1.807, 2.05) is 53.9 Å². The molecule has 2 aromatic rings. The van der Waals surface area contributed by atoms with E-state index in [-0.39, 0.29) is 5.91 Å². The zero-order valence-corrected chi connectivity index (χ0v) is 14.5. The number of nitrogens with zero attached hydrogens (tertiary/aromatic N) is 3. The van der Waals surface area contributed by atoms with E-state index in [9.17, 15) is 4.79 Å². The normalized spacial score (nSPS) is 17.0.